The van der Waals surface area contributed by atoms with Gasteiger partial charge in [-0.3, -0.25) is 0 Å². The molecule has 4 nitrogen and oxygen atoms in total. The number of hydrogen-bond acceptors (Lipinski definition) is 3. The van der Waals surface area contributed by atoms with E-state index in [-0.39, 0.29) is 0 Å². The first-order valence-corrected chi connectivity index (χ1v) is 4.98. The molecule has 0 aliphatic heterocycles. The Labute approximate surface area is 85.3 Å². The number of nitrogens with one attached hydrogen (secondary N) is 1. The van der Waals surface area contributed by atoms with E-state index in [2.05, 4.69) is 21.8 Å². The number of imidazole rings is 1. The Morgan fingerprint density at radius 3 is 3.00 bits per heavy atom. The van der Waals surface area contributed by atoms with Gasteiger partial charge < -0.3 is 14.6 Å². The van der Waals surface area contributed by atoms with E-state index in [1.165, 1.54) is 0 Å². The largest absolute Gasteiger partial charge is 0.383 e. The zero-order chi connectivity index (χ0) is 10.4. The molecule has 0 aliphatic carbocycles. The van der Waals surface area contributed by atoms with Crippen LogP contribution in [0.25, 0.3) is 0 Å². The molecule has 80 valence electrons. The summed E-state index contributed by atoms with van der Waals surface area (Å²) in [6.45, 7) is 3.74. The molecular formula is C10H19N3O. The van der Waals surface area contributed by atoms with E-state index in [9.17, 15) is 0 Å². The lowest BCUT2D eigenvalue weighted by Crippen LogP contribution is -2.34. The fourth-order valence-corrected chi connectivity index (χ4v) is 1.49. The lowest BCUT2D eigenvalue weighted by atomic mass is 10.3. The number of aromatic nitrogens is 2. The molecule has 1 aromatic heterocycles. The van der Waals surface area contributed by atoms with Gasteiger partial charge in [-0.1, -0.05) is 6.92 Å². The van der Waals surface area contributed by atoms with Crippen LogP contribution in [-0.2, 0) is 17.7 Å². The maximum absolute atomic E-state index is 5.12. The van der Waals surface area contributed by atoms with Gasteiger partial charge in [-0.2, -0.15) is 0 Å². The smallest absolute Gasteiger partial charge is 0.108 e. The van der Waals surface area contributed by atoms with Crippen LogP contribution in [0.15, 0.2) is 12.4 Å². The number of rotatable bonds is 6. The zero-order valence-corrected chi connectivity index (χ0v) is 9.16. The lowest BCUT2D eigenvalue weighted by molar-refractivity contribution is 0.162. The summed E-state index contributed by atoms with van der Waals surface area (Å²) in [5, 5.41) is 3.22. The number of hydrogen-bond donors (Lipinski definition) is 1. The van der Waals surface area contributed by atoms with Gasteiger partial charge in [-0.25, -0.2) is 4.98 Å². The summed E-state index contributed by atoms with van der Waals surface area (Å²) in [5.74, 6) is 1.13. The highest BCUT2D eigenvalue weighted by molar-refractivity contribution is 4.92. The molecule has 1 atom stereocenters. The minimum absolute atomic E-state index is 0.347. The quantitative estimate of drug-likeness (QED) is 0.729. The van der Waals surface area contributed by atoms with Crippen LogP contribution in [0, 0.1) is 0 Å². The fourth-order valence-electron chi connectivity index (χ4n) is 1.49. The summed E-state index contributed by atoms with van der Waals surface area (Å²) < 4.78 is 7.29. The van der Waals surface area contributed by atoms with Crippen molar-refractivity contribution in [2.45, 2.75) is 25.9 Å². The Balaban J connectivity index is 2.56. The molecule has 0 aliphatic rings. The van der Waals surface area contributed by atoms with Gasteiger partial charge in [0, 0.05) is 38.5 Å². The van der Waals surface area contributed by atoms with Crippen LogP contribution in [0.1, 0.15) is 12.7 Å². The molecule has 1 heterocycles. The van der Waals surface area contributed by atoms with Crippen molar-refractivity contribution in [3.63, 3.8) is 0 Å². The van der Waals surface area contributed by atoms with Crippen molar-refractivity contribution in [2.24, 2.45) is 0 Å². The monoisotopic (exact) mass is 197 g/mol. The summed E-state index contributed by atoms with van der Waals surface area (Å²) in [6.07, 6.45) is 4.83. The highest BCUT2D eigenvalue weighted by Crippen LogP contribution is 2.00. The number of nitrogens with zero attached hydrogens (tertiary/aromatic N) is 2. The van der Waals surface area contributed by atoms with Gasteiger partial charge >= 0.3 is 0 Å². The van der Waals surface area contributed by atoms with E-state index < -0.39 is 0 Å². The summed E-state index contributed by atoms with van der Waals surface area (Å²) in [7, 11) is 3.67. The Morgan fingerprint density at radius 2 is 2.43 bits per heavy atom. The Hall–Kier alpha value is -0.870. The molecule has 1 unspecified atom stereocenters. The Kier molecular flexibility index (Phi) is 4.62. The molecule has 1 aromatic rings. The molecule has 0 saturated heterocycles. The molecule has 1 rings (SSSR count). The second kappa shape index (κ2) is 5.78. The first kappa shape index (κ1) is 11.2. The molecular weight excluding hydrogens is 178 g/mol. The van der Waals surface area contributed by atoms with Crippen molar-refractivity contribution in [3.8, 4) is 0 Å². The molecule has 0 spiro atoms. The van der Waals surface area contributed by atoms with Crippen molar-refractivity contribution < 1.29 is 4.74 Å². The van der Waals surface area contributed by atoms with Crippen LogP contribution >= 0.6 is 0 Å². The predicted molar refractivity (Wildman–Crippen MR) is 56.3 cm³/mol. The summed E-state index contributed by atoms with van der Waals surface area (Å²) >= 11 is 0. The number of likely N-dealkylation sites (N-methyl/N-ethyl adjacent to an activating group) is 1. The molecule has 0 saturated carbocycles. The average Bonchev–Trinajstić information content (AvgIpc) is 2.64. The normalized spacial score (nSPS) is 13.1. The number of ether oxygens (including phenoxy) is 1. The highest BCUT2D eigenvalue weighted by Gasteiger charge is 2.08. The van der Waals surface area contributed by atoms with E-state index in [4.69, 9.17) is 4.74 Å². The SMILES string of the molecule is CCc1nccn1CC(COC)NC. The van der Waals surface area contributed by atoms with Crippen molar-refractivity contribution in [1.29, 1.82) is 0 Å². The Morgan fingerprint density at radius 1 is 1.64 bits per heavy atom. The topological polar surface area (TPSA) is 39.1 Å². The van der Waals surface area contributed by atoms with E-state index in [0.717, 1.165) is 25.4 Å². The fraction of sp³-hybridized carbons (Fsp3) is 0.700. The van der Waals surface area contributed by atoms with Crippen molar-refractivity contribution in [1.82, 2.24) is 14.9 Å². The molecule has 0 fully saturated rings. The number of aryl methyl sites for hydroxylation is 1. The minimum Gasteiger partial charge on any atom is -0.383 e. The van der Waals surface area contributed by atoms with Gasteiger partial charge in [-0.05, 0) is 7.05 Å². The molecule has 0 bridgehead atoms. The molecule has 1 N–H and O–H groups in total. The summed E-state index contributed by atoms with van der Waals surface area (Å²) in [6, 6.07) is 0.347. The molecule has 0 radical (unpaired) electrons. The maximum atomic E-state index is 5.12. The zero-order valence-electron chi connectivity index (χ0n) is 9.16. The van der Waals surface area contributed by atoms with Crippen LogP contribution in [-0.4, -0.2) is 36.4 Å². The first-order valence-electron chi connectivity index (χ1n) is 4.98. The van der Waals surface area contributed by atoms with Gasteiger partial charge in [0.2, 0.25) is 0 Å². The van der Waals surface area contributed by atoms with E-state index >= 15 is 0 Å². The van der Waals surface area contributed by atoms with Crippen molar-refractivity contribution in [2.75, 3.05) is 20.8 Å². The Bertz CT molecular complexity index is 260. The predicted octanol–water partition coefficient (Wildman–Crippen LogP) is 0.680. The summed E-state index contributed by atoms with van der Waals surface area (Å²) in [4.78, 5) is 4.28. The highest BCUT2D eigenvalue weighted by atomic mass is 16.5. The van der Waals surface area contributed by atoms with Crippen molar-refractivity contribution in [3.05, 3.63) is 18.2 Å². The third-order valence-corrected chi connectivity index (χ3v) is 2.31. The number of methoxy groups -OCH3 is 1. The third kappa shape index (κ3) is 2.82. The van der Waals surface area contributed by atoms with E-state index in [0.29, 0.717) is 6.04 Å². The van der Waals surface area contributed by atoms with Crippen LogP contribution in [0.3, 0.4) is 0 Å². The van der Waals surface area contributed by atoms with Crippen LogP contribution in [0.5, 0.6) is 0 Å². The van der Waals surface area contributed by atoms with Gasteiger partial charge in [0.1, 0.15) is 5.82 Å². The van der Waals surface area contributed by atoms with Crippen molar-refractivity contribution >= 4 is 0 Å². The molecule has 0 amide bonds. The minimum atomic E-state index is 0.347. The van der Waals surface area contributed by atoms with Gasteiger partial charge in [0.15, 0.2) is 0 Å². The molecule has 0 aromatic carbocycles. The van der Waals surface area contributed by atoms with E-state index in [1.807, 2.05) is 19.4 Å². The average molecular weight is 197 g/mol. The maximum Gasteiger partial charge on any atom is 0.108 e. The summed E-state index contributed by atoms with van der Waals surface area (Å²) in [5.41, 5.74) is 0. The van der Waals surface area contributed by atoms with Crippen LogP contribution in [0.2, 0.25) is 0 Å². The second-order valence-electron chi connectivity index (χ2n) is 3.29. The second-order valence-corrected chi connectivity index (χ2v) is 3.29. The van der Waals surface area contributed by atoms with Crippen LogP contribution < -0.4 is 5.32 Å². The van der Waals surface area contributed by atoms with Gasteiger partial charge in [0.25, 0.3) is 0 Å². The third-order valence-electron chi connectivity index (χ3n) is 2.31. The van der Waals surface area contributed by atoms with E-state index in [1.54, 1.807) is 7.11 Å². The van der Waals surface area contributed by atoms with Gasteiger partial charge in [0.05, 0.1) is 6.61 Å². The van der Waals surface area contributed by atoms with Crippen LogP contribution in [0.4, 0.5) is 0 Å². The first-order chi connectivity index (χ1) is 6.81. The van der Waals surface area contributed by atoms with Gasteiger partial charge in [-0.15, -0.1) is 0 Å². The molecule has 4 heteroatoms. The standard InChI is InChI=1S/C10H19N3O/c1-4-10-12-5-6-13(10)7-9(11-2)8-14-3/h5-6,9,11H,4,7-8H2,1-3H3. The lowest BCUT2D eigenvalue weighted by Gasteiger charge is -2.16. The molecule has 14 heavy (non-hydrogen) atoms.